The minimum absolute atomic E-state index is 0.131. The molecule has 1 saturated carbocycles. The zero-order valence-corrected chi connectivity index (χ0v) is 21.4. The number of aromatic nitrogens is 2. The van der Waals surface area contributed by atoms with Gasteiger partial charge in [-0.3, -0.25) is 4.79 Å². The first-order valence-electron chi connectivity index (χ1n) is 11.6. The van der Waals surface area contributed by atoms with Gasteiger partial charge >= 0.3 is 0 Å². The molecule has 1 amide bonds. The quantitative estimate of drug-likeness (QED) is 0.341. The molecule has 0 unspecified atom stereocenters. The monoisotopic (exact) mass is 501 g/mol. The summed E-state index contributed by atoms with van der Waals surface area (Å²) in [4.78, 5) is 14.9. The van der Waals surface area contributed by atoms with Crippen molar-refractivity contribution in [3.05, 3.63) is 62.6 Å². The number of carbonyl (C=O) groups excluding carboxylic acids is 1. The number of rotatable bonds is 8. The maximum Gasteiger partial charge on any atom is 0.223 e. The van der Waals surface area contributed by atoms with Crippen LogP contribution in [0.1, 0.15) is 61.6 Å². The van der Waals surface area contributed by atoms with Gasteiger partial charge < -0.3 is 5.32 Å². The predicted molar refractivity (Wildman–Crippen MR) is 139 cm³/mol. The van der Waals surface area contributed by atoms with Gasteiger partial charge in [-0.1, -0.05) is 55.5 Å². The Labute approximate surface area is 209 Å². The van der Waals surface area contributed by atoms with Crippen LogP contribution < -0.4 is 5.32 Å². The SMILES string of the molecule is CCCC=Cc1ccc(-c2c(C)c(CNC(=O)C3CCCC3)nn2-c2ccc(Cl)cc2Cl)s1. The van der Waals surface area contributed by atoms with Crippen molar-refractivity contribution >= 4 is 46.5 Å². The molecule has 0 bridgehead atoms. The van der Waals surface area contributed by atoms with Gasteiger partial charge in [0.15, 0.2) is 0 Å². The average molecular weight is 503 g/mol. The molecule has 7 heteroatoms. The first-order chi connectivity index (χ1) is 16.0. The molecule has 1 fully saturated rings. The van der Waals surface area contributed by atoms with Crippen molar-refractivity contribution in [2.24, 2.45) is 5.92 Å². The van der Waals surface area contributed by atoms with Crippen molar-refractivity contribution in [1.29, 1.82) is 0 Å². The molecule has 0 aliphatic heterocycles. The second-order valence-corrected chi connectivity index (χ2v) is 10.5. The summed E-state index contributed by atoms with van der Waals surface area (Å²) in [6, 6.07) is 9.69. The second kappa shape index (κ2) is 10.9. The summed E-state index contributed by atoms with van der Waals surface area (Å²) < 4.78 is 1.89. The van der Waals surface area contributed by atoms with E-state index < -0.39 is 0 Å². The lowest BCUT2D eigenvalue weighted by molar-refractivity contribution is -0.124. The number of unbranched alkanes of at least 4 members (excludes halogenated alkanes) is 1. The van der Waals surface area contributed by atoms with E-state index in [0.717, 1.165) is 66.0 Å². The first kappa shape index (κ1) is 24.1. The third-order valence-electron chi connectivity index (χ3n) is 6.11. The maximum absolute atomic E-state index is 12.6. The van der Waals surface area contributed by atoms with Crippen molar-refractivity contribution in [3.8, 4) is 16.3 Å². The highest BCUT2D eigenvalue weighted by molar-refractivity contribution is 7.16. The van der Waals surface area contributed by atoms with E-state index in [1.807, 2.05) is 16.8 Å². The Morgan fingerprint density at radius 1 is 1.24 bits per heavy atom. The lowest BCUT2D eigenvalue weighted by Gasteiger charge is -2.09. The third-order valence-corrected chi connectivity index (χ3v) is 7.71. The Morgan fingerprint density at radius 3 is 2.76 bits per heavy atom. The van der Waals surface area contributed by atoms with Crippen molar-refractivity contribution < 1.29 is 4.79 Å². The summed E-state index contributed by atoms with van der Waals surface area (Å²) in [5.74, 6) is 0.263. The van der Waals surface area contributed by atoms with Crippen LogP contribution in [0.25, 0.3) is 22.3 Å². The fourth-order valence-electron chi connectivity index (χ4n) is 4.26. The Morgan fingerprint density at radius 2 is 2.03 bits per heavy atom. The zero-order chi connectivity index (χ0) is 23.4. The Balaban J connectivity index is 1.69. The molecule has 4 rings (SSSR count). The lowest BCUT2D eigenvalue weighted by Crippen LogP contribution is -2.29. The lowest BCUT2D eigenvalue weighted by atomic mass is 10.1. The molecule has 2 heterocycles. The minimum Gasteiger partial charge on any atom is -0.350 e. The van der Waals surface area contributed by atoms with Crippen LogP contribution in [0.2, 0.25) is 10.0 Å². The van der Waals surface area contributed by atoms with Gasteiger partial charge in [-0.15, -0.1) is 11.3 Å². The summed E-state index contributed by atoms with van der Waals surface area (Å²) in [6.45, 7) is 4.64. The van der Waals surface area contributed by atoms with E-state index in [4.69, 9.17) is 28.3 Å². The molecule has 0 spiro atoms. The molecule has 3 aromatic rings. The number of nitrogens with zero attached hydrogens (tertiary/aromatic N) is 2. The number of hydrogen-bond donors (Lipinski definition) is 1. The standard InChI is InChI=1S/C26H29Cl2N3OS/c1-3-4-5-10-20-12-14-24(33-20)25-17(2)22(16-29-26(32)18-8-6-7-9-18)30-31(25)23-13-11-19(27)15-21(23)28/h5,10-15,18H,3-4,6-9,16H2,1-2H3,(H,29,32). The van der Waals surface area contributed by atoms with E-state index in [2.05, 4.69) is 43.4 Å². The van der Waals surface area contributed by atoms with Crippen molar-refractivity contribution in [2.75, 3.05) is 0 Å². The number of amides is 1. The summed E-state index contributed by atoms with van der Waals surface area (Å²) in [5.41, 5.74) is 3.64. The van der Waals surface area contributed by atoms with Gasteiger partial charge in [-0.2, -0.15) is 5.10 Å². The molecular weight excluding hydrogens is 473 g/mol. The van der Waals surface area contributed by atoms with Gasteiger partial charge in [0.05, 0.1) is 33.5 Å². The van der Waals surface area contributed by atoms with Gasteiger partial charge in [0, 0.05) is 21.4 Å². The molecule has 174 valence electrons. The van der Waals surface area contributed by atoms with Gasteiger partial charge in [-0.05, 0) is 62.6 Å². The maximum atomic E-state index is 12.6. The number of nitrogens with one attached hydrogen (secondary N) is 1. The number of halogens is 2. The molecular formula is C26H29Cl2N3OS. The van der Waals surface area contributed by atoms with Gasteiger partial charge in [-0.25, -0.2) is 4.68 Å². The van der Waals surface area contributed by atoms with E-state index in [1.54, 1.807) is 17.4 Å². The Hall–Kier alpha value is -2.08. The molecule has 2 aromatic heterocycles. The molecule has 1 aliphatic rings. The van der Waals surface area contributed by atoms with Crippen LogP contribution in [-0.4, -0.2) is 15.7 Å². The van der Waals surface area contributed by atoms with E-state index in [9.17, 15) is 4.79 Å². The number of benzene rings is 1. The molecule has 0 atom stereocenters. The highest BCUT2D eigenvalue weighted by atomic mass is 35.5. The predicted octanol–water partition coefficient (Wildman–Crippen LogP) is 7.84. The van der Waals surface area contributed by atoms with Gasteiger partial charge in [0.2, 0.25) is 5.91 Å². The summed E-state index contributed by atoms with van der Waals surface area (Å²) in [5, 5.41) is 9.12. The van der Waals surface area contributed by atoms with E-state index in [0.29, 0.717) is 16.6 Å². The van der Waals surface area contributed by atoms with Crippen LogP contribution in [-0.2, 0) is 11.3 Å². The molecule has 4 nitrogen and oxygen atoms in total. The van der Waals surface area contributed by atoms with Crippen LogP contribution in [0, 0.1) is 12.8 Å². The summed E-state index contributed by atoms with van der Waals surface area (Å²) in [7, 11) is 0. The molecule has 33 heavy (non-hydrogen) atoms. The van der Waals surface area contributed by atoms with Crippen LogP contribution in [0.15, 0.2) is 36.4 Å². The fraction of sp³-hybridized carbons (Fsp3) is 0.385. The van der Waals surface area contributed by atoms with E-state index >= 15 is 0 Å². The number of thiophene rings is 1. The Bertz CT molecular complexity index is 1160. The summed E-state index contributed by atoms with van der Waals surface area (Å²) >= 11 is 14.4. The topological polar surface area (TPSA) is 46.9 Å². The van der Waals surface area contributed by atoms with Crippen molar-refractivity contribution in [2.45, 2.75) is 58.9 Å². The zero-order valence-electron chi connectivity index (χ0n) is 19.0. The highest BCUT2D eigenvalue weighted by Crippen LogP contribution is 2.36. The second-order valence-electron chi connectivity index (χ2n) is 8.52. The highest BCUT2D eigenvalue weighted by Gasteiger charge is 2.24. The van der Waals surface area contributed by atoms with Crippen LogP contribution in [0.3, 0.4) is 0 Å². The van der Waals surface area contributed by atoms with Gasteiger partial charge in [0.1, 0.15) is 0 Å². The molecule has 1 aromatic carbocycles. The molecule has 0 saturated heterocycles. The summed E-state index contributed by atoms with van der Waals surface area (Å²) in [6.07, 6.45) is 10.8. The normalized spacial score (nSPS) is 14.4. The van der Waals surface area contributed by atoms with Crippen molar-refractivity contribution in [1.82, 2.24) is 15.1 Å². The van der Waals surface area contributed by atoms with Gasteiger partial charge in [0.25, 0.3) is 0 Å². The largest absolute Gasteiger partial charge is 0.350 e. The number of carbonyl (C=O) groups is 1. The average Bonchev–Trinajstić information content (AvgIpc) is 3.53. The van der Waals surface area contributed by atoms with Crippen LogP contribution in [0.4, 0.5) is 0 Å². The molecule has 1 N–H and O–H groups in total. The first-order valence-corrected chi connectivity index (χ1v) is 13.1. The minimum atomic E-state index is 0.131. The molecule has 1 aliphatic carbocycles. The number of allylic oxidation sites excluding steroid dienone is 1. The van der Waals surface area contributed by atoms with Crippen LogP contribution in [0.5, 0.6) is 0 Å². The molecule has 0 radical (unpaired) electrons. The van der Waals surface area contributed by atoms with E-state index in [-0.39, 0.29) is 11.8 Å². The Kier molecular flexibility index (Phi) is 7.94. The van der Waals surface area contributed by atoms with E-state index in [1.165, 1.54) is 4.88 Å². The third kappa shape index (κ3) is 5.53. The fourth-order valence-corrected chi connectivity index (χ4v) is 5.78. The van der Waals surface area contributed by atoms with Crippen LogP contribution >= 0.6 is 34.5 Å². The number of hydrogen-bond acceptors (Lipinski definition) is 3. The smallest absolute Gasteiger partial charge is 0.223 e. The van der Waals surface area contributed by atoms with Crippen molar-refractivity contribution in [3.63, 3.8) is 0 Å².